The molecule has 0 saturated carbocycles. The van der Waals surface area contributed by atoms with Crippen molar-refractivity contribution in [3.05, 3.63) is 0 Å². The van der Waals surface area contributed by atoms with Crippen molar-refractivity contribution in [1.29, 1.82) is 0 Å². The van der Waals surface area contributed by atoms with E-state index in [-0.39, 0.29) is 0 Å². The molecule has 0 aromatic rings. The summed E-state index contributed by atoms with van der Waals surface area (Å²) in [6.45, 7) is 4.91. The summed E-state index contributed by atoms with van der Waals surface area (Å²) in [5, 5.41) is 8.78. The number of carbonyl (C=O) groups is 2. The van der Waals surface area contributed by atoms with Crippen LogP contribution in [0.4, 0.5) is 0 Å². The minimum Gasteiger partial charge on any atom is -0.478 e. The van der Waals surface area contributed by atoms with Crippen LogP contribution in [0.2, 0.25) is 0 Å². The largest absolute Gasteiger partial charge is 0.478 e. The average molecular weight is 243 g/mol. The van der Waals surface area contributed by atoms with Gasteiger partial charge in [0.1, 0.15) is 0 Å². The summed E-state index contributed by atoms with van der Waals surface area (Å²) < 4.78 is 4.64. The number of carboxylic acid groups (broad SMARTS) is 1. The van der Waals surface area contributed by atoms with Crippen molar-refractivity contribution in [3.63, 3.8) is 0 Å². The van der Waals surface area contributed by atoms with Crippen molar-refractivity contribution >= 4 is 35.1 Å². The van der Waals surface area contributed by atoms with E-state index in [1.165, 1.54) is 0 Å². The third-order valence-corrected chi connectivity index (χ3v) is 1.78. The Labute approximate surface area is 92.1 Å². The maximum Gasteiger partial charge on any atom is 0.345 e. The van der Waals surface area contributed by atoms with Crippen LogP contribution in [-0.4, -0.2) is 28.0 Å². The van der Waals surface area contributed by atoms with E-state index >= 15 is 0 Å². The first-order chi connectivity index (χ1) is 6.16. The molecule has 6 heteroatoms. The second-order valence-corrected chi connectivity index (χ2v) is 4.92. The average Bonchev–Trinajstić information content (AvgIpc) is 1.96. The summed E-state index contributed by atoms with van der Waals surface area (Å²) >= 11 is 10.5. The van der Waals surface area contributed by atoms with Crippen molar-refractivity contribution in [3.8, 4) is 0 Å². The molecular weight excluding hydrogens is 231 g/mol. The van der Waals surface area contributed by atoms with Crippen LogP contribution in [0.15, 0.2) is 0 Å². The fraction of sp³-hybridized carbons (Fsp3) is 0.750. The smallest absolute Gasteiger partial charge is 0.345 e. The van der Waals surface area contributed by atoms with Crippen molar-refractivity contribution < 1.29 is 19.4 Å². The summed E-state index contributed by atoms with van der Waals surface area (Å²) in [5.41, 5.74) is -0.704. The molecule has 0 rings (SSSR count). The molecule has 0 aliphatic rings. The van der Waals surface area contributed by atoms with Gasteiger partial charge in [0.25, 0.3) is 0 Å². The van der Waals surface area contributed by atoms with E-state index in [2.05, 4.69) is 4.74 Å². The fourth-order valence-corrected chi connectivity index (χ4v) is 0.868. The van der Waals surface area contributed by atoms with Crippen LogP contribution in [0.3, 0.4) is 0 Å². The molecule has 0 saturated heterocycles. The normalized spacial score (nSPS) is 13.9. The molecule has 14 heavy (non-hydrogen) atoms. The number of hydrogen-bond donors (Lipinski definition) is 1. The van der Waals surface area contributed by atoms with E-state index in [0.29, 0.717) is 0 Å². The number of alkyl halides is 2. The van der Waals surface area contributed by atoms with Crippen LogP contribution in [0.1, 0.15) is 20.8 Å². The Morgan fingerprint density at radius 3 is 1.93 bits per heavy atom. The summed E-state index contributed by atoms with van der Waals surface area (Å²) in [5.74, 6) is -2.17. The molecule has 1 atom stereocenters. The van der Waals surface area contributed by atoms with Gasteiger partial charge in [-0.25, -0.2) is 9.59 Å². The van der Waals surface area contributed by atoms with E-state index in [1.54, 1.807) is 20.8 Å². The Morgan fingerprint density at radius 1 is 1.29 bits per heavy atom. The summed E-state index contributed by atoms with van der Waals surface area (Å²) in [7, 11) is 0. The van der Waals surface area contributed by atoms with Crippen molar-refractivity contribution in [2.45, 2.75) is 31.7 Å². The molecule has 0 aliphatic carbocycles. The molecule has 0 aromatic carbocycles. The van der Waals surface area contributed by atoms with Crippen LogP contribution in [0.25, 0.3) is 0 Å². The predicted octanol–water partition coefficient (Wildman–Crippen LogP) is 1.83. The van der Waals surface area contributed by atoms with E-state index in [1.807, 2.05) is 0 Å². The highest BCUT2D eigenvalue weighted by atomic mass is 35.5. The van der Waals surface area contributed by atoms with Gasteiger partial charge in [-0.15, -0.1) is 0 Å². The van der Waals surface area contributed by atoms with E-state index in [4.69, 9.17) is 28.3 Å². The van der Waals surface area contributed by atoms with Gasteiger partial charge in [0, 0.05) is 5.41 Å². The third-order valence-electron chi connectivity index (χ3n) is 1.42. The zero-order valence-electron chi connectivity index (χ0n) is 8.08. The number of hydrogen-bond acceptors (Lipinski definition) is 3. The highest BCUT2D eigenvalue weighted by molar-refractivity contribution is 6.52. The maximum atomic E-state index is 11.0. The van der Waals surface area contributed by atoms with Gasteiger partial charge in [0.15, 0.2) is 0 Å². The van der Waals surface area contributed by atoms with Crippen LogP contribution in [0, 0.1) is 5.41 Å². The first-order valence-corrected chi connectivity index (χ1v) is 4.75. The third kappa shape index (κ3) is 4.15. The molecule has 1 N–H and O–H groups in total. The van der Waals surface area contributed by atoms with Crippen LogP contribution < -0.4 is 0 Å². The number of aliphatic carboxylic acids is 1. The standard InChI is InChI=1S/C8H12Cl2O4/c1-8(2,3)4(6(11)12)14-7(13)5(9)10/h4-5H,1-3H3,(H,11,12). The number of rotatable bonds is 3. The number of halogens is 2. The Morgan fingerprint density at radius 2 is 1.71 bits per heavy atom. The molecule has 0 bridgehead atoms. The molecule has 1 unspecified atom stereocenters. The van der Waals surface area contributed by atoms with Crippen molar-refractivity contribution in [1.82, 2.24) is 0 Å². The molecule has 0 aliphatic heterocycles. The summed E-state index contributed by atoms with van der Waals surface area (Å²) in [6.07, 6.45) is -1.25. The van der Waals surface area contributed by atoms with Gasteiger partial charge < -0.3 is 9.84 Å². The van der Waals surface area contributed by atoms with Crippen molar-refractivity contribution in [2.24, 2.45) is 5.41 Å². The molecule has 0 heterocycles. The molecular formula is C8H12Cl2O4. The number of carbonyl (C=O) groups excluding carboxylic acids is 1. The van der Waals surface area contributed by atoms with E-state index in [0.717, 1.165) is 0 Å². The van der Waals surface area contributed by atoms with Gasteiger partial charge >= 0.3 is 11.9 Å². The van der Waals surface area contributed by atoms with Gasteiger partial charge in [-0.05, 0) is 0 Å². The molecule has 0 aromatic heterocycles. The predicted molar refractivity (Wildman–Crippen MR) is 52.5 cm³/mol. The molecule has 0 spiro atoms. The Bertz CT molecular complexity index is 232. The second kappa shape index (κ2) is 4.84. The number of esters is 1. The Hall–Kier alpha value is -0.480. The zero-order chi connectivity index (χ0) is 11.5. The molecule has 4 nitrogen and oxygen atoms in total. The topological polar surface area (TPSA) is 63.6 Å². The second-order valence-electron chi connectivity index (χ2n) is 3.82. The number of carboxylic acids is 1. The number of ether oxygens (including phenoxy) is 1. The van der Waals surface area contributed by atoms with Crippen LogP contribution >= 0.6 is 23.2 Å². The SMILES string of the molecule is CC(C)(C)C(OC(=O)C(Cl)Cl)C(=O)O. The molecule has 0 fully saturated rings. The minimum atomic E-state index is -1.36. The first kappa shape index (κ1) is 13.5. The lowest BCUT2D eigenvalue weighted by molar-refractivity contribution is -0.170. The summed E-state index contributed by atoms with van der Waals surface area (Å²) in [4.78, 5) is 20.3. The Balaban J connectivity index is 4.56. The molecule has 0 amide bonds. The maximum absolute atomic E-state index is 11.0. The first-order valence-electron chi connectivity index (χ1n) is 3.87. The van der Waals surface area contributed by atoms with E-state index in [9.17, 15) is 9.59 Å². The fourth-order valence-electron chi connectivity index (χ4n) is 0.765. The van der Waals surface area contributed by atoms with Gasteiger partial charge in [-0.2, -0.15) is 0 Å². The van der Waals surface area contributed by atoms with Gasteiger partial charge in [-0.3, -0.25) is 0 Å². The van der Waals surface area contributed by atoms with Gasteiger partial charge in [-0.1, -0.05) is 44.0 Å². The quantitative estimate of drug-likeness (QED) is 0.606. The van der Waals surface area contributed by atoms with Crippen LogP contribution in [0.5, 0.6) is 0 Å². The van der Waals surface area contributed by atoms with Gasteiger partial charge in [0.2, 0.25) is 10.9 Å². The lowest BCUT2D eigenvalue weighted by atomic mass is 9.89. The summed E-state index contributed by atoms with van der Waals surface area (Å²) in [6, 6.07) is 0. The van der Waals surface area contributed by atoms with Crippen molar-refractivity contribution in [2.75, 3.05) is 0 Å². The molecule has 0 radical (unpaired) electrons. The monoisotopic (exact) mass is 242 g/mol. The lowest BCUT2D eigenvalue weighted by Gasteiger charge is -2.26. The highest BCUT2D eigenvalue weighted by Crippen LogP contribution is 2.23. The van der Waals surface area contributed by atoms with Gasteiger partial charge in [0.05, 0.1) is 0 Å². The van der Waals surface area contributed by atoms with Crippen LogP contribution in [-0.2, 0) is 14.3 Å². The lowest BCUT2D eigenvalue weighted by Crippen LogP contribution is -2.39. The highest BCUT2D eigenvalue weighted by Gasteiger charge is 2.35. The minimum absolute atomic E-state index is 0.704. The zero-order valence-corrected chi connectivity index (χ0v) is 9.59. The molecule has 82 valence electrons. The van der Waals surface area contributed by atoms with E-state index < -0.39 is 28.3 Å². The Kier molecular flexibility index (Phi) is 4.68.